The predicted molar refractivity (Wildman–Crippen MR) is 271 cm³/mol. The summed E-state index contributed by atoms with van der Waals surface area (Å²) in [5.74, 6) is -10.4. The zero-order valence-corrected chi connectivity index (χ0v) is 44.8. The molecule has 0 unspecified atom stereocenters. The van der Waals surface area contributed by atoms with E-state index in [4.69, 9.17) is 32.5 Å². The Kier molecular flexibility index (Phi) is 22.0. The largest absolute Gasteiger partial charge is 0.460 e. The van der Waals surface area contributed by atoms with E-state index in [0.717, 1.165) is 10.5 Å². The van der Waals surface area contributed by atoms with Crippen LogP contribution in [0.2, 0.25) is 0 Å². The first kappa shape index (κ1) is 56.8. The summed E-state index contributed by atoms with van der Waals surface area (Å²) in [5, 5.41) is 43.4. The van der Waals surface area contributed by atoms with Crippen LogP contribution in [-0.2, 0) is 57.2 Å². The van der Waals surface area contributed by atoms with Gasteiger partial charge in [0.1, 0.15) is 41.7 Å². The van der Waals surface area contributed by atoms with E-state index < -0.39 is 127 Å². The van der Waals surface area contributed by atoms with Gasteiger partial charge in [-0.3, -0.25) is 24.0 Å². The van der Waals surface area contributed by atoms with Crippen LogP contribution >= 0.6 is 0 Å². The molecule has 3 heterocycles. The maximum Gasteiger partial charge on any atom is 0.329 e. The van der Waals surface area contributed by atoms with Gasteiger partial charge in [0.05, 0.1) is 31.5 Å². The van der Waals surface area contributed by atoms with Gasteiger partial charge in [-0.05, 0) is 114 Å². The van der Waals surface area contributed by atoms with Crippen molar-refractivity contribution in [3.05, 3.63) is 47.6 Å². The highest BCUT2D eigenvalue weighted by atomic mass is 16.6. The van der Waals surface area contributed by atoms with Crippen LogP contribution in [0.25, 0.3) is 0 Å². The molecule has 1 amide bonds. The lowest BCUT2D eigenvalue weighted by Gasteiger charge is -2.42. The third-order valence-corrected chi connectivity index (χ3v) is 15.6. The van der Waals surface area contributed by atoms with Crippen molar-refractivity contribution in [2.45, 2.75) is 187 Å². The molecule has 0 aromatic heterocycles. The van der Waals surface area contributed by atoms with Crippen molar-refractivity contribution in [3.8, 4) is 0 Å². The number of nitrogens with zero attached hydrogens (tertiary/aromatic N) is 1. The molecule has 3 fully saturated rings. The number of Topliss-reactive ketones (excluding diaryl/α,β-unsaturated/α-hetero) is 3. The van der Waals surface area contributed by atoms with Crippen molar-refractivity contribution in [2.75, 3.05) is 41.1 Å². The fourth-order valence-electron chi connectivity index (χ4n) is 10.7. The number of ether oxygens (including phenoxy) is 6. The average Bonchev–Trinajstić information content (AvgIpc) is 3.38. The molecule has 0 aromatic carbocycles. The van der Waals surface area contributed by atoms with Crippen molar-refractivity contribution in [2.24, 2.45) is 40.9 Å². The van der Waals surface area contributed by atoms with Gasteiger partial charge in [0.15, 0.2) is 5.78 Å². The van der Waals surface area contributed by atoms with Crippen LogP contribution in [0.3, 0.4) is 0 Å². The quantitative estimate of drug-likeness (QED) is 0.116. The molecule has 2 saturated heterocycles. The minimum Gasteiger partial charge on any atom is -0.460 e. The van der Waals surface area contributed by atoms with E-state index in [1.807, 2.05) is 51.2 Å². The zero-order chi connectivity index (χ0) is 56.9. The number of methoxy groups -OCH3 is 3. The first-order chi connectivity index (χ1) is 35.7. The first-order valence-electron chi connectivity index (χ1n) is 27.6. The summed E-state index contributed by atoms with van der Waals surface area (Å²) in [6, 6.07) is -1.25. The zero-order valence-electron chi connectivity index (χ0n) is 47.8. The number of esters is 2. The summed E-state index contributed by atoms with van der Waals surface area (Å²) in [6.07, 6.45) is 8.19. The van der Waals surface area contributed by atoms with Gasteiger partial charge in [-0.25, -0.2) is 4.79 Å². The molecular formula is C56H87NO16. The normalized spacial score (nSPS) is 38.2. The maximum absolute atomic E-state index is 14.6. The second-order valence-corrected chi connectivity index (χ2v) is 21.4. The highest BCUT2D eigenvalue weighted by Gasteiger charge is 2.53. The number of amides is 1. The molecule has 0 radical (unpaired) electrons. The molecule has 17 heteroatoms. The average molecular weight is 1030 g/mol. The van der Waals surface area contributed by atoms with Gasteiger partial charge in [-0.2, -0.15) is 0 Å². The molecular weight excluding hydrogens is 943 g/mol. The van der Waals surface area contributed by atoms with Crippen molar-refractivity contribution in [3.63, 3.8) is 0 Å². The number of hydrogen-bond donors (Lipinski definition) is 4. The molecule has 73 heavy (non-hydrogen) atoms. The Morgan fingerprint density at radius 3 is 2.25 bits per heavy atom. The lowest BCUT2D eigenvalue weighted by atomic mass is 9.78. The number of rotatable bonds is 10. The number of carbonyl (C=O) groups is 6. The summed E-state index contributed by atoms with van der Waals surface area (Å²) < 4.78 is 58.7. The molecule has 15 atom stereocenters. The summed E-state index contributed by atoms with van der Waals surface area (Å²) in [5.41, 5.74) is -1.39. The van der Waals surface area contributed by atoms with Crippen LogP contribution in [0.5, 0.6) is 0 Å². The number of carbonyl (C=O) groups excluding carboxylic acids is 6. The summed E-state index contributed by atoms with van der Waals surface area (Å²) in [4.78, 5) is 85.8. The lowest BCUT2D eigenvalue weighted by Crippen LogP contribution is -2.61. The van der Waals surface area contributed by atoms with E-state index in [0.29, 0.717) is 56.9 Å². The minimum absolute atomic E-state index is 0.0121. The van der Waals surface area contributed by atoms with Crippen molar-refractivity contribution >= 4 is 35.2 Å². The Bertz CT molecular complexity index is 2120. The minimum atomic E-state index is -3.07. The second-order valence-electron chi connectivity index (χ2n) is 21.4. The fraction of sp³-hybridized carbons (Fsp3) is 0.750. The van der Waals surface area contributed by atoms with Crippen molar-refractivity contribution in [1.29, 1.82) is 0 Å². The van der Waals surface area contributed by atoms with Gasteiger partial charge < -0.3 is 53.7 Å². The Morgan fingerprint density at radius 2 is 1.60 bits per heavy atom. The number of aliphatic hydroxyl groups excluding tert-OH is 3. The monoisotopic (exact) mass is 1030 g/mol. The number of hydrogen-bond acceptors (Lipinski definition) is 16. The standard InChI is InChI=1S/C56H87NO16/c1-33-17-13-12-14-18-34(2)45(68-9)29-41-22-20-39(7)56(67,73-41)51(63)52(64)57-24-16-15-19-42(57)53(65)71-46(30-43(60)35(3)26-38(6)49(62)50(70-11)48(61)37(5)25-33)36(4)27-40-21-23-44(47(28-40)69-10)72-54(66)55(8,31-58)32-59/h12-14,17-18,26,33,35-37,39-42,44-47,49-50,58-59,62,67H,15-16,19-25,27-32H2,1-11H3/b14-12+,17-13-,34-18+,38-26+/t33-,35-,36-,37-,39-,40+,41+,42+,44-,45+,46+,47-,49-,50+,56-/m1/s1/i8D3. The predicted octanol–water partition coefficient (Wildman–Crippen LogP) is 5.72. The molecule has 0 spiro atoms. The van der Waals surface area contributed by atoms with E-state index in [2.05, 4.69) is 0 Å². The van der Waals surface area contributed by atoms with E-state index >= 15 is 0 Å². The van der Waals surface area contributed by atoms with E-state index in [1.165, 1.54) is 14.2 Å². The topological polar surface area (TPSA) is 242 Å². The highest BCUT2D eigenvalue weighted by molar-refractivity contribution is 6.39. The lowest BCUT2D eigenvalue weighted by molar-refractivity contribution is -0.265. The Balaban J connectivity index is 1.70. The SMILES string of the molecule is [2H]C([2H])([2H])C(CO)(CO)C(=O)O[C@@H]1CC[C@@H](C[C@@H](C)[C@@H]2CC(=O)[C@H](C)/C=C(\C)[C@@H](O)[C@@H](OC)C(=O)[C@H](C)C[C@H](C)\C=C/C=C/C=C(\C)[C@@H](OC)C[C@@H]3CC[C@@H](C)[C@@](O)(O3)C(=O)C(=O)N3CCCC[C@H]3C(=O)O2)C[C@H]1OC. The molecule has 4 rings (SSSR count). The third-order valence-electron chi connectivity index (χ3n) is 15.6. The van der Waals surface area contributed by atoms with Crippen molar-refractivity contribution < 1.29 is 81.7 Å². The maximum atomic E-state index is 14.6. The van der Waals surface area contributed by atoms with Gasteiger partial charge in [-0.15, -0.1) is 0 Å². The number of fused-ring (bicyclic) bond motifs is 3. The molecule has 1 aliphatic carbocycles. The van der Waals surface area contributed by atoms with Crippen LogP contribution in [0.1, 0.15) is 136 Å². The summed E-state index contributed by atoms with van der Waals surface area (Å²) in [7, 11) is 4.30. The van der Waals surface area contributed by atoms with Gasteiger partial charge in [0.25, 0.3) is 11.7 Å². The molecule has 3 aliphatic heterocycles. The van der Waals surface area contributed by atoms with Crippen LogP contribution in [-0.4, -0.2) is 156 Å². The number of piperidine rings is 1. The Morgan fingerprint density at radius 1 is 0.890 bits per heavy atom. The molecule has 412 valence electrons. The molecule has 1 saturated carbocycles. The van der Waals surface area contributed by atoms with Gasteiger partial charge in [-0.1, -0.05) is 71.1 Å². The van der Waals surface area contributed by atoms with Crippen LogP contribution in [0.4, 0.5) is 0 Å². The summed E-state index contributed by atoms with van der Waals surface area (Å²) >= 11 is 0. The molecule has 17 nitrogen and oxygen atoms in total. The number of allylic oxidation sites excluding steroid dienone is 6. The van der Waals surface area contributed by atoms with Crippen LogP contribution in [0, 0.1) is 40.9 Å². The van der Waals surface area contributed by atoms with E-state index in [9.17, 15) is 49.2 Å². The first-order valence-corrected chi connectivity index (χ1v) is 26.1. The van der Waals surface area contributed by atoms with Crippen LogP contribution in [0.15, 0.2) is 47.6 Å². The molecule has 2 bridgehead atoms. The molecule has 0 aromatic rings. The highest BCUT2D eigenvalue weighted by Crippen LogP contribution is 2.38. The van der Waals surface area contributed by atoms with Gasteiger partial charge in [0, 0.05) is 62.6 Å². The fourth-order valence-corrected chi connectivity index (χ4v) is 10.7. The van der Waals surface area contributed by atoms with E-state index in [1.54, 1.807) is 40.9 Å². The van der Waals surface area contributed by atoms with Crippen molar-refractivity contribution in [1.82, 2.24) is 4.90 Å². The Labute approximate surface area is 437 Å². The molecule has 4 N–H and O–H groups in total. The number of aliphatic hydroxyl groups is 4. The smallest absolute Gasteiger partial charge is 0.329 e. The number of ketones is 3. The second kappa shape index (κ2) is 28.3. The number of cyclic esters (lactones) is 1. The van der Waals surface area contributed by atoms with E-state index in [-0.39, 0.29) is 55.6 Å². The molecule has 4 aliphatic rings. The summed E-state index contributed by atoms with van der Waals surface area (Å²) in [6.45, 7) is 6.91. The Hall–Kier alpha value is -3.94. The van der Waals surface area contributed by atoms with Gasteiger partial charge >= 0.3 is 11.9 Å². The third kappa shape index (κ3) is 16.0. The van der Waals surface area contributed by atoms with Gasteiger partial charge in [0.2, 0.25) is 5.79 Å². The van der Waals surface area contributed by atoms with Crippen LogP contribution < -0.4 is 0 Å².